The van der Waals surface area contributed by atoms with E-state index >= 15 is 0 Å². The molecule has 3 aromatic rings. The standard InChI is InChI=1S/C23H26N4O2/c1-2-29-14-6-13-24-22(28)20-11-9-19(10-12-20)21-16-26-23(27-17-21)25-15-18-7-4-3-5-8-18/h3-5,7-12,16-17H,2,6,13-15H2,1H3,(H,24,28)(H,25,26,27). The number of carbonyl (C=O) groups is 1. The Morgan fingerprint density at radius 3 is 2.38 bits per heavy atom. The van der Waals surface area contributed by atoms with Crippen molar-refractivity contribution in [2.45, 2.75) is 19.9 Å². The van der Waals surface area contributed by atoms with E-state index in [0.29, 0.717) is 37.8 Å². The number of amides is 1. The Morgan fingerprint density at radius 2 is 1.69 bits per heavy atom. The lowest BCUT2D eigenvalue weighted by atomic mass is 10.1. The first kappa shape index (κ1) is 20.5. The van der Waals surface area contributed by atoms with E-state index in [1.165, 1.54) is 5.56 Å². The minimum atomic E-state index is -0.0789. The van der Waals surface area contributed by atoms with Gasteiger partial charge in [-0.3, -0.25) is 4.79 Å². The Labute approximate surface area is 171 Å². The van der Waals surface area contributed by atoms with Crippen LogP contribution in [0, 0.1) is 0 Å². The third-order valence-corrected chi connectivity index (χ3v) is 4.38. The summed E-state index contributed by atoms with van der Waals surface area (Å²) < 4.78 is 5.26. The second-order valence-corrected chi connectivity index (χ2v) is 6.52. The van der Waals surface area contributed by atoms with E-state index < -0.39 is 0 Å². The molecular weight excluding hydrogens is 364 g/mol. The second kappa shape index (κ2) is 10.9. The third-order valence-electron chi connectivity index (χ3n) is 4.38. The Balaban J connectivity index is 1.52. The summed E-state index contributed by atoms with van der Waals surface area (Å²) >= 11 is 0. The first-order valence-corrected chi connectivity index (χ1v) is 9.82. The van der Waals surface area contributed by atoms with Crippen molar-refractivity contribution in [2.24, 2.45) is 0 Å². The first-order chi connectivity index (χ1) is 14.3. The van der Waals surface area contributed by atoms with Crippen LogP contribution in [0.4, 0.5) is 5.95 Å². The van der Waals surface area contributed by atoms with Crippen molar-refractivity contribution < 1.29 is 9.53 Å². The highest BCUT2D eigenvalue weighted by Gasteiger charge is 2.06. The molecule has 0 unspecified atom stereocenters. The van der Waals surface area contributed by atoms with Crippen LogP contribution in [-0.2, 0) is 11.3 Å². The average molecular weight is 390 g/mol. The van der Waals surface area contributed by atoms with Gasteiger partial charge in [0, 0.05) is 49.8 Å². The molecule has 29 heavy (non-hydrogen) atoms. The SMILES string of the molecule is CCOCCCNC(=O)c1ccc(-c2cnc(NCc3ccccc3)nc2)cc1. The molecule has 2 N–H and O–H groups in total. The van der Waals surface area contributed by atoms with Gasteiger partial charge in [0.1, 0.15) is 0 Å². The average Bonchev–Trinajstić information content (AvgIpc) is 2.78. The fourth-order valence-electron chi connectivity index (χ4n) is 2.78. The summed E-state index contributed by atoms with van der Waals surface area (Å²) in [5, 5.41) is 6.11. The number of benzene rings is 2. The minimum absolute atomic E-state index is 0.0789. The van der Waals surface area contributed by atoms with Crippen LogP contribution in [0.15, 0.2) is 67.0 Å². The summed E-state index contributed by atoms with van der Waals surface area (Å²) in [6, 6.07) is 17.6. The van der Waals surface area contributed by atoms with E-state index in [4.69, 9.17) is 4.74 Å². The predicted octanol–water partition coefficient (Wildman–Crippen LogP) is 3.91. The smallest absolute Gasteiger partial charge is 0.251 e. The molecule has 0 spiro atoms. The molecule has 0 fully saturated rings. The lowest BCUT2D eigenvalue weighted by Crippen LogP contribution is -2.25. The Bertz CT molecular complexity index is 881. The largest absolute Gasteiger partial charge is 0.382 e. The van der Waals surface area contributed by atoms with Crippen molar-refractivity contribution >= 4 is 11.9 Å². The molecule has 0 atom stereocenters. The molecule has 0 aliphatic heterocycles. The van der Waals surface area contributed by atoms with E-state index in [1.54, 1.807) is 12.4 Å². The predicted molar refractivity (Wildman–Crippen MR) is 115 cm³/mol. The number of ether oxygens (including phenoxy) is 1. The molecule has 6 nitrogen and oxygen atoms in total. The van der Waals surface area contributed by atoms with Gasteiger partial charge >= 0.3 is 0 Å². The van der Waals surface area contributed by atoms with Crippen molar-refractivity contribution in [3.05, 3.63) is 78.1 Å². The quantitative estimate of drug-likeness (QED) is 0.513. The number of nitrogens with zero attached hydrogens (tertiary/aromatic N) is 2. The Kier molecular flexibility index (Phi) is 7.72. The van der Waals surface area contributed by atoms with Crippen LogP contribution in [0.5, 0.6) is 0 Å². The van der Waals surface area contributed by atoms with Crippen molar-refractivity contribution in [1.29, 1.82) is 0 Å². The van der Waals surface area contributed by atoms with Gasteiger partial charge in [-0.15, -0.1) is 0 Å². The monoisotopic (exact) mass is 390 g/mol. The van der Waals surface area contributed by atoms with Gasteiger partial charge in [-0.1, -0.05) is 42.5 Å². The minimum Gasteiger partial charge on any atom is -0.382 e. The molecule has 1 amide bonds. The molecule has 0 saturated carbocycles. The zero-order valence-corrected chi connectivity index (χ0v) is 16.6. The molecule has 0 radical (unpaired) electrons. The van der Waals surface area contributed by atoms with Crippen molar-refractivity contribution in [3.8, 4) is 11.1 Å². The van der Waals surface area contributed by atoms with E-state index in [2.05, 4.69) is 32.7 Å². The van der Waals surface area contributed by atoms with Gasteiger partial charge in [-0.2, -0.15) is 0 Å². The van der Waals surface area contributed by atoms with Gasteiger partial charge in [0.05, 0.1) is 0 Å². The van der Waals surface area contributed by atoms with Crippen LogP contribution >= 0.6 is 0 Å². The molecule has 0 aliphatic rings. The molecule has 3 rings (SSSR count). The normalized spacial score (nSPS) is 10.5. The summed E-state index contributed by atoms with van der Waals surface area (Å²) in [5.41, 5.74) is 3.67. The third kappa shape index (κ3) is 6.40. The molecule has 0 bridgehead atoms. The van der Waals surface area contributed by atoms with E-state index in [-0.39, 0.29) is 5.91 Å². The second-order valence-electron chi connectivity index (χ2n) is 6.52. The fraction of sp³-hybridized carbons (Fsp3) is 0.261. The summed E-state index contributed by atoms with van der Waals surface area (Å²) in [6.45, 7) is 4.59. The summed E-state index contributed by atoms with van der Waals surface area (Å²) in [5.74, 6) is 0.505. The topological polar surface area (TPSA) is 76.1 Å². The van der Waals surface area contributed by atoms with Gasteiger partial charge in [-0.05, 0) is 36.6 Å². The van der Waals surface area contributed by atoms with E-state index in [0.717, 1.165) is 17.5 Å². The highest BCUT2D eigenvalue weighted by molar-refractivity contribution is 5.94. The summed E-state index contributed by atoms with van der Waals surface area (Å²) in [6.07, 6.45) is 4.37. The zero-order chi connectivity index (χ0) is 20.3. The van der Waals surface area contributed by atoms with Crippen LogP contribution in [0.1, 0.15) is 29.3 Å². The molecule has 150 valence electrons. The number of nitrogens with one attached hydrogen (secondary N) is 2. The molecule has 1 aromatic heterocycles. The van der Waals surface area contributed by atoms with Gasteiger partial charge in [0.25, 0.3) is 5.91 Å². The van der Waals surface area contributed by atoms with Crippen LogP contribution in [0.3, 0.4) is 0 Å². The number of anilines is 1. The zero-order valence-electron chi connectivity index (χ0n) is 16.6. The van der Waals surface area contributed by atoms with Gasteiger partial charge in [0.2, 0.25) is 5.95 Å². The molecule has 0 aliphatic carbocycles. The maximum absolute atomic E-state index is 12.2. The van der Waals surface area contributed by atoms with Crippen molar-refractivity contribution in [3.63, 3.8) is 0 Å². The highest BCUT2D eigenvalue weighted by atomic mass is 16.5. The number of hydrogen-bond acceptors (Lipinski definition) is 5. The summed E-state index contributed by atoms with van der Waals surface area (Å²) in [7, 11) is 0. The number of aromatic nitrogens is 2. The number of carbonyl (C=O) groups excluding carboxylic acids is 1. The van der Waals surface area contributed by atoms with Crippen LogP contribution in [0.2, 0.25) is 0 Å². The van der Waals surface area contributed by atoms with E-state index in [1.807, 2.05) is 49.4 Å². The number of hydrogen-bond donors (Lipinski definition) is 2. The first-order valence-electron chi connectivity index (χ1n) is 9.82. The summed E-state index contributed by atoms with van der Waals surface area (Å²) in [4.78, 5) is 20.9. The van der Waals surface area contributed by atoms with Crippen molar-refractivity contribution in [1.82, 2.24) is 15.3 Å². The molecular formula is C23H26N4O2. The maximum atomic E-state index is 12.2. The van der Waals surface area contributed by atoms with Gasteiger partial charge in [-0.25, -0.2) is 9.97 Å². The lowest BCUT2D eigenvalue weighted by molar-refractivity contribution is 0.0944. The maximum Gasteiger partial charge on any atom is 0.251 e. The lowest BCUT2D eigenvalue weighted by Gasteiger charge is -2.08. The highest BCUT2D eigenvalue weighted by Crippen LogP contribution is 2.19. The van der Waals surface area contributed by atoms with Crippen LogP contribution in [-0.4, -0.2) is 35.6 Å². The molecule has 1 heterocycles. The van der Waals surface area contributed by atoms with E-state index in [9.17, 15) is 4.79 Å². The van der Waals surface area contributed by atoms with Crippen LogP contribution in [0.25, 0.3) is 11.1 Å². The van der Waals surface area contributed by atoms with Gasteiger partial charge in [0.15, 0.2) is 0 Å². The van der Waals surface area contributed by atoms with Crippen LogP contribution < -0.4 is 10.6 Å². The van der Waals surface area contributed by atoms with Crippen molar-refractivity contribution in [2.75, 3.05) is 25.1 Å². The fourth-order valence-corrected chi connectivity index (χ4v) is 2.78. The van der Waals surface area contributed by atoms with Gasteiger partial charge < -0.3 is 15.4 Å². The Hall–Kier alpha value is -3.25. The molecule has 6 heteroatoms. The number of rotatable bonds is 10. The molecule has 0 saturated heterocycles. The Morgan fingerprint density at radius 1 is 0.966 bits per heavy atom. The molecule has 2 aromatic carbocycles.